The topological polar surface area (TPSA) is 69.1 Å². The zero-order chi connectivity index (χ0) is 15.0. The van der Waals surface area contributed by atoms with Crippen molar-refractivity contribution in [1.29, 1.82) is 0 Å². The number of phenols is 2. The molecule has 1 aromatic heterocycles. The molecule has 21 heavy (non-hydrogen) atoms. The van der Waals surface area contributed by atoms with Crippen LogP contribution in [0.2, 0.25) is 10.0 Å². The molecule has 0 saturated carbocycles. The van der Waals surface area contributed by atoms with E-state index in [1.165, 1.54) is 0 Å². The fraction of sp³-hybridized carbons (Fsp3) is 0. The predicted molar refractivity (Wildman–Crippen MR) is 82.8 cm³/mol. The Morgan fingerprint density at radius 3 is 2.10 bits per heavy atom. The van der Waals surface area contributed by atoms with Crippen molar-refractivity contribution in [2.45, 2.75) is 0 Å². The second kappa shape index (κ2) is 5.31. The van der Waals surface area contributed by atoms with Gasteiger partial charge in [-0.15, -0.1) is 0 Å². The smallest absolute Gasteiger partial charge is 0.152 e. The van der Waals surface area contributed by atoms with Crippen LogP contribution in [0.3, 0.4) is 0 Å². The van der Waals surface area contributed by atoms with Gasteiger partial charge in [0.15, 0.2) is 5.75 Å². The third-order valence-corrected chi connectivity index (χ3v) is 3.65. The minimum Gasteiger partial charge on any atom is -0.508 e. The summed E-state index contributed by atoms with van der Waals surface area (Å²) in [5.41, 5.74) is 3.04. The van der Waals surface area contributed by atoms with Gasteiger partial charge in [0, 0.05) is 5.56 Å². The van der Waals surface area contributed by atoms with Crippen molar-refractivity contribution in [3.63, 3.8) is 0 Å². The van der Waals surface area contributed by atoms with E-state index in [0.717, 1.165) is 11.3 Å². The summed E-state index contributed by atoms with van der Waals surface area (Å²) in [4.78, 5) is 0. The lowest BCUT2D eigenvalue weighted by atomic mass is 10.1. The maximum absolute atomic E-state index is 9.57. The van der Waals surface area contributed by atoms with Gasteiger partial charge in [0.25, 0.3) is 0 Å². The molecule has 2 aromatic carbocycles. The summed E-state index contributed by atoms with van der Waals surface area (Å²) in [5, 5.41) is 26.3. The van der Waals surface area contributed by atoms with Crippen LogP contribution in [0.5, 0.6) is 11.5 Å². The van der Waals surface area contributed by atoms with Crippen molar-refractivity contribution in [1.82, 2.24) is 10.2 Å². The summed E-state index contributed by atoms with van der Waals surface area (Å²) in [6, 6.07) is 11.8. The number of phenolic OH excluding ortho intramolecular Hbond substituents is 2. The Morgan fingerprint density at radius 2 is 1.48 bits per heavy atom. The quantitative estimate of drug-likeness (QED) is 0.652. The largest absolute Gasteiger partial charge is 0.508 e. The van der Waals surface area contributed by atoms with Crippen LogP contribution in [0.4, 0.5) is 0 Å². The lowest BCUT2D eigenvalue weighted by Crippen LogP contribution is -1.80. The highest BCUT2D eigenvalue weighted by molar-refractivity contribution is 6.37. The molecular weight excluding hydrogens is 311 g/mol. The number of rotatable bonds is 2. The number of hydrogen-bond acceptors (Lipinski definition) is 3. The van der Waals surface area contributed by atoms with Crippen LogP contribution in [0.1, 0.15) is 0 Å². The summed E-state index contributed by atoms with van der Waals surface area (Å²) in [5.74, 6) is 0.0620. The predicted octanol–water partition coefficient (Wildman–Crippen LogP) is 4.46. The van der Waals surface area contributed by atoms with Crippen molar-refractivity contribution in [2.24, 2.45) is 0 Å². The Balaban J connectivity index is 2.00. The lowest BCUT2D eigenvalue weighted by Gasteiger charge is -2.02. The summed E-state index contributed by atoms with van der Waals surface area (Å²) in [7, 11) is 0. The van der Waals surface area contributed by atoms with E-state index < -0.39 is 0 Å². The molecular formula is C15H10Cl2N2O2. The van der Waals surface area contributed by atoms with Gasteiger partial charge in [-0.3, -0.25) is 5.10 Å². The van der Waals surface area contributed by atoms with Gasteiger partial charge in [-0.1, -0.05) is 23.2 Å². The van der Waals surface area contributed by atoms with Crippen LogP contribution in [-0.4, -0.2) is 20.4 Å². The van der Waals surface area contributed by atoms with E-state index in [2.05, 4.69) is 10.2 Å². The summed E-state index contributed by atoms with van der Waals surface area (Å²) < 4.78 is 0. The molecule has 6 heteroatoms. The summed E-state index contributed by atoms with van der Waals surface area (Å²) in [6.07, 6.45) is 0. The van der Waals surface area contributed by atoms with Crippen molar-refractivity contribution in [2.75, 3.05) is 0 Å². The average Bonchev–Trinajstić information content (AvgIpc) is 2.95. The molecule has 106 valence electrons. The fourth-order valence-electron chi connectivity index (χ4n) is 1.97. The second-order valence-electron chi connectivity index (χ2n) is 4.50. The van der Waals surface area contributed by atoms with Crippen molar-refractivity contribution in [3.05, 3.63) is 52.5 Å². The van der Waals surface area contributed by atoms with Crippen molar-refractivity contribution in [3.8, 4) is 34.0 Å². The van der Waals surface area contributed by atoms with Crippen molar-refractivity contribution >= 4 is 23.2 Å². The first-order valence-electron chi connectivity index (χ1n) is 6.08. The molecule has 0 radical (unpaired) electrons. The van der Waals surface area contributed by atoms with Gasteiger partial charge in [0.05, 0.1) is 21.4 Å². The molecule has 0 bridgehead atoms. The third-order valence-electron chi connectivity index (χ3n) is 3.07. The van der Waals surface area contributed by atoms with Gasteiger partial charge in [0.2, 0.25) is 0 Å². The molecule has 0 unspecified atom stereocenters. The van der Waals surface area contributed by atoms with Crippen LogP contribution in [0.15, 0.2) is 42.5 Å². The fourth-order valence-corrected chi connectivity index (χ4v) is 2.46. The van der Waals surface area contributed by atoms with Crippen LogP contribution in [0.25, 0.3) is 22.5 Å². The zero-order valence-electron chi connectivity index (χ0n) is 10.6. The van der Waals surface area contributed by atoms with Crippen LogP contribution in [-0.2, 0) is 0 Å². The molecule has 0 amide bonds. The number of nitrogens with zero attached hydrogens (tertiary/aromatic N) is 1. The Kier molecular flexibility index (Phi) is 3.49. The van der Waals surface area contributed by atoms with Crippen LogP contribution < -0.4 is 0 Å². The van der Waals surface area contributed by atoms with E-state index in [1.807, 2.05) is 6.07 Å². The van der Waals surface area contributed by atoms with Gasteiger partial charge >= 0.3 is 0 Å². The molecule has 0 aliphatic heterocycles. The Labute approximate surface area is 130 Å². The monoisotopic (exact) mass is 320 g/mol. The number of aromatic hydroxyl groups is 2. The summed E-state index contributed by atoms with van der Waals surface area (Å²) in [6.45, 7) is 0. The van der Waals surface area contributed by atoms with E-state index in [-0.39, 0.29) is 21.5 Å². The normalized spacial score (nSPS) is 10.8. The van der Waals surface area contributed by atoms with E-state index in [4.69, 9.17) is 23.2 Å². The van der Waals surface area contributed by atoms with E-state index in [9.17, 15) is 10.2 Å². The van der Waals surface area contributed by atoms with Gasteiger partial charge in [-0.05, 0) is 48.0 Å². The molecule has 4 nitrogen and oxygen atoms in total. The number of aromatic nitrogens is 2. The maximum Gasteiger partial charge on any atom is 0.152 e. The van der Waals surface area contributed by atoms with E-state index in [1.54, 1.807) is 36.4 Å². The first-order valence-corrected chi connectivity index (χ1v) is 6.83. The summed E-state index contributed by atoms with van der Waals surface area (Å²) >= 11 is 11.8. The number of nitrogens with one attached hydrogen (secondary N) is 1. The molecule has 0 atom stereocenters. The number of aromatic amines is 1. The minimum absolute atomic E-state index is 0.142. The standard InChI is InChI=1S/C15H10Cl2N2O2/c16-11-5-9(6-12(17)15(11)21)14-7-13(18-19-14)8-1-3-10(20)4-2-8/h1-7,20-21H,(H,18,19). The molecule has 0 saturated heterocycles. The van der Waals surface area contributed by atoms with Crippen LogP contribution in [0, 0.1) is 0 Å². The zero-order valence-corrected chi connectivity index (χ0v) is 12.2. The van der Waals surface area contributed by atoms with E-state index >= 15 is 0 Å². The molecule has 0 aliphatic rings. The minimum atomic E-state index is -0.142. The van der Waals surface area contributed by atoms with E-state index in [0.29, 0.717) is 11.3 Å². The first kappa shape index (κ1) is 13.8. The molecule has 0 spiro atoms. The van der Waals surface area contributed by atoms with Gasteiger partial charge in [0.1, 0.15) is 5.75 Å². The highest BCUT2D eigenvalue weighted by Gasteiger charge is 2.11. The maximum atomic E-state index is 9.57. The number of hydrogen-bond donors (Lipinski definition) is 3. The third kappa shape index (κ3) is 2.68. The van der Waals surface area contributed by atoms with Crippen molar-refractivity contribution < 1.29 is 10.2 Å². The Bertz CT molecular complexity index is 775. The number of benzene rings is 2. The van der Waals surface area contributed by atoms with Gasteiger partial charge < -0.3 is 10.2 Å². The number of halogens is 2. The molecule has 0 fully saturated rings. The molecule has 3 N–H and O–H groups in total. The Morgan fingerprint density at radius 1 is 0.857 bits per heavy atom. The number of H-pyrrole nitrogens is 1. The SMILES string of the molecule is Oc1ccc(-c2cc(-c3cc(Cl)c(O)c(Cl)c3)n[nH]2)cc1. The Hall–Kier alpha value is -2.17. The first-order chi connectivity index (χ1) is 10.0. The lowest BCUT2D eigenvalue weighted by molar-refractivity contribution is 0.475. The molecule has 3 aromatic rings. The molecule has 0 aliphatic carbocycles. The molecule has 1 heterocycles. The van der Waals surface area contributed by atoms with Crippen LogP contribution >= 0.6 is 23.2 Å². The van der Waals surface area contributed by atoms with Gasteiger partial charge in [-0.2, -0.15) is 5.10 Å². The molecule has 3 rings (SSSR count). The average molecular weight is 321 g/mol. The highest BCUT2D eigenvalue weighted by atomic mass is 35.5. The van der Waals surface area contributed by atoms with Gasteiger partial charge in [-0.25, -0.2) is 0 Å². The highest BCUT2D eigenvalue weighted by Crippen LogP contribution is 2.36. The second-order valence-corrected chi connectivity index (χ2v) is 5.32.